The minimum absolute atomic E-state index is 0.00877. The summed E-state index contributed by atoms with van der Waals surface area (Å²) < 4.78 is 35.6. The second kappa shape index (κ2) is 3.53. The summed E-state index contributed by atoms with van der Waals surface area (Å²) in [4.78, 5) is 11.4. The molecule has 1 rings (SSSR count). The first-order valence-electron chi connectivity index (χ1n) is 3.92. The van der Waals surface area contributed by atoms with Crippen LogP contribution in [-0.2, 0) is 4.79 Å². The Bertz CT molecular complexity index is 204. The maximum absolute atomic E-state index is 11.9. The standard InChI is InChI=1S/C7H10F3NO2/c8-7(9,10)6(13)11-2-1-5(3-11)4-12/h5,12H,1-4H2/t5-/m0/s1. The molecular weight excluding hydrogens is 187 g/mol. The van der Waals surface area contributed by atoms with Crippen molar-refractivity contribution in [2.45, 2.75) is 12.6 Å². The first-order chi connectivity index (χ1) is 5.95. The van der Waals surface area contributed by atoms with E-state index in [2.05, 4.69) is 0 Å². The predicted octanol–water partition coefficient (Wildman–Crippen LogP) is 0.390. The zero-order valence-electron chi connectivity index (χ0n) is 6.84. The lowest BCUT2D eigenvalue weighted by Crippen LogP contribution is -2.39. The molecule has 0 radical (unpaired) electrons. The molecule has 6 heteroatoms. The number of carbonyl (C=O) groups excluding carboxylic acids is 1. The van der Waals surface area contributed by atoms with Gasteiger partial charge in [0.15, 0.2) is 0 Å². The number of aliphatic hydroxyl groups is 1. The lowest BCUT2D eigenvalue weighted by molar-refractivity contribution is -0.184. The lowest BCUT2D eigenvalue weighted by Gasteiger charge is -2.17. The van der Waals surface area contributed by atoms with E-state index in [1.807, 2.05) is 0 Å². The molecule has 0 aromatic carbocycles. The van der Waals surface area contributed by atoms with E-state index in [4.69, 9.17) is 5.11 Å². The summed E-state index contributed by atoms with van der Waals surface area (Å²) in [6.07, 6.45) is -4.34. The number of rotatable bonds is 1. The fourth-order valence-electron chi connectivity index (χ4n) is 1.35. The molecule has 1 amide bonds. The summed E-state index contributed by atoms with van der Waals surface area (Å²) in [7, 11) is 0. The molecule has 76 valence electrons. The van der Waals surface area contributed by atoms with E-state index in [9.17, 15) is 18.0 Å². The summed E-state index contributed by atoms with van der Waals surface area (Å²) in [5, 5.41) is 8.65. The second-order valence-electron chi connectivity index (χ2n) is 3.09. The van der Waals surface area contributed by atoms with Crippen LogP contribution in [0.15, 0.2) is 0 Å². The van der Waals surface area contributed by atoms with E-state index in [0.29, 0.717) is 6.42 Å². The third-order valence-corrected chi connectivity index (χ3v) is 2.07. The van der Waals surface area contributed by atoms with Crippen molar-refractivity contribution in [1.29, 1.82) is 0 Å². The SMILES string of the molecule is O=C(N1CC[C@H](CO)C1)C(F)(F)F. The van der Waals surface area contributed by atoms with Gasteiger partial charge >= 0.3 is 12.1 Å². The monoisotopic (exact) mass is 197 g/mol. The molecule has 0 bridgehead atoms. The molecule has 13 heavy (non-hydrogen) atoms. The molecule has 3 nitrogen and oxygen atoms in total. The van der Waals surface area contributed by atoms with Crippen LogP contribution in [0.3, 0.4) is 0 Å². The van der Waals surface area contributed by atoms with Gasteiger partial charge in [-0.1, -0.05) is 0 Å². The second-order valence-corrected chi connectivity index (χ2v) is 3.09. The van der Waals surface area contributed by atoms with Crippen LogP contribution in [0, 0.1) is 5.92 Å². The molecule has 0 aromatic rings. The molecule has 0 unspecified atom stereocenters. The Morgan fingerprint density at radius 3 is 2.54 bits per heavy atom. The third-order valence-electron chi connectivity index (χ3n) is 2.07. The average molecular weight is 197 g/mol. The molecule has 1 saturated heterocycles. The van der Waals surface area contributed by atoms with Gasteiger partial charge in [0.05, 0.1) is 0 Å². The first kappa shape index (κ1) is 10.3. The number of hydrogen-bond acceptors (Lipinski definition) is 2. The summed E-state index contributed by atoms with van der Waals surface area (Å²) in [6, 6.07) is 0. The van der Waals surface area contributed by atoms with Crippen molar-refractivity contribution in [3.63, 3.8) is 0 Å². The number of halogens is 3. The van der Waals surface area contributed by atoms with Gasteiger partial charge in [0.2, 0.25) is 0 Å². The minimum Gasteiger partial charge on any atom is -0.396 e. The number of amides is 1. The van der Waals surface area contributed by atoms with E-state index >= 15 is 0 Å². The summed E-state index contributed by atoms with van der Waals surface area (Å²) >= 11 is 0. The highest BCUT2D eigenvalue weighted by atomic mass is 19.4. The highest BCUT2D eigenvalue weighted by Gasteiger charge is 2.44. The number of nitrogens with zero attached hydrogens (tertiary/aromatic N) is 1. The fraction of sp³-hybridized carbons (Fsp3) is 0.857. The quantitative estimate of drug-likeness (QED) is 0.660. The number of carbonyl (C=O) groups is 1. The summed E-state index contributed by atoms with van der Waals surface area (Å²) in [5.74, 6) is -2.00. The Morgan fingerprint density at radius 1 is 1.54 bits per heavy atom. The van der Waals surface area contributed by atoms with E-state index in [0.717, 1.165) is 4.90 Å². The van der Waals surface area contributed by atoms with E-state index in [1.165, 1.54) is 0 Å². The van der Waals surface area contributed by atoms with Crippen LogP contribution >= 0.6 is 0 Å². The Kier molecular flexibility index (Phi) is 2.80. The van der Waals surface area contributed by atoms with Gasteiger partial charge in [0.1, 0.15) is 0 Å². The van der Waals surface area contributed by atoms with E-state index < -0.39 is 12.1 Å². The molecule has 1 fully saturated rings. The number of alkyl halides is 3. The van der Waals surface area contributed by atoms with E-state index in [-0.39, 0.29) is 25.6 Å². The number of hydrogen-bond donors (Lipinski definition) is 1. The molecule has 1 aliphatic rings. The zero-order valence-corrected chi connectivity index (χ0v) is 6.84. The molecule has 1 heterocycles. The normalized spacial score (nSPS) is 23.7. The molecule has 1 aliphatic heterocycles. The van der Waals surface area contributed by atoms with Crippen molar-refractivity contribution in [1.82, 2.24) is 4.90 Å². The minimum atomic E-state index is -4.79. The Hall–Kier alpha value is -0.780. The molecular formula is C7H10F3NO2. The van der Waals surface area contributed by atoms with Crippen molar-refractivity contribution in [2.24, 2.45) is 5.92 Å². The maximum Gasteiger partial charge on any atom is 0.471 e. The topological polar surface area (TPSA) is 40.5 Å². The Morgan fingerprint density at radius 2 is 2.15 bits per heavy atom. The highest BCUT2D eigenvalue weighted by molar-refractivity contribution is 5.82. The van der Waals surface area contributed by atoms with Crippen molar-refractivity contribution < 1.29 is 23.1 Å². The third kappa shape index (κ3) is 2.33. The molecule has 0 aromatic heterocycles. The van der Waals surface area contributed by atoms with Crippen LogP contribution in [0.25, 0.3) is 0 Å². The van der Waals surface area contributed by atoms with Crippen LogP contribution in [0.1, 0.15) is 6.42 Å². The average Bonchev–Trinajstić information content (AvgIpc) is 2.48. The van der Waals surface area contributed by atoms with Crippen LogP contribution < -0.4 is 0 Å². The largest absolute Gasteiger partial charge is 0.471 e. The van der Waals surface area contributed by atoms with Gasteiger partial charge in [-0.25, -0.2) is 0 Å². The van der Waals surface area contributed by atoms with E-state index in [1.54, 1.807) is 0 Å². The van der Waals surface area contributed by atoms with Gasteiger partial charge in [-0.05, 0) is 6.42 Å². The molecule has 0 saturated carbocycles. The predicted molar refractivity (Wildman–Crippen MR) is 37.8 cm³/mol. The van der Waals surface area contributed by atoms with Gasteiger partial charge < -0.3 is 10.0 Å². The molecule has 1 N–H and O–H groups in total. The Labute approximate surface area is 73.1 Å². The van der Waals surface area contributed by atoms with Crippen molar-refractivity contribution in [3.8, 4) is 0 Å². The van der Waals surface area contributed by atoms with Crippen LogP contribution in [0.5, 0.6) is 0 Å². The van der Waals surface area contributed by atoms with Crippen molar-refractivity contribution in [2.75, 3.05) is 19.7 Å². The lowest BCUT2D eigenvalue weighted by atomic mass is 10.1. The molecule has 0 spiro atoms. The smallest absolute Gasteiger partial charge is 0.396 e. The molecule has 0 aliphatic carbocycles. The maximum atomic E-state index is 11.9. The molecule has 1 atom stereocenters. The van der Waals surface area contributed by atoms with Crippen LogP contribution in [0.4, 0.5) is 13.2 Å². The highest BCUT2D eigenvalue weighted by Crippen LogP contribution is 2.23. The van der Waals surface area contributed by atoms with Gasteiger partial charge in [0.25, 0.3) is 0 Å². The van der Waals surface area contributed by atoms with Gasteiger partial charge in [-0.2, -0.15) is 13.2 Å². The number of likely N-dealkylation sites (tertiary alicyclic amines) is 1. The van der Waals surface area contributed by atoms with Crippen molar-refractivity contribution >= 4 is 5.91 Å². The van der Waals surface area contributed by atoms with Gasteiger partial charge in [-0.15, -0.1) is 0 Å². The van der Waals surface area contributed by atoms with Gasteiger partial charge in [0, 0.05) is 25.6 Å². The fourth-order valence-corrected chi connectivity index (χ4v) is 1.35. The zero-order chi connectivity index (χ0) is 10.1. The Balaban J connectivity index is 2.52. The number of aliphatic hydroxyl groups excluding tert-OH is 1. The van der Waals surface area contributed by atoms with Gasteiger partial charge in [-0.3, -0.25) is 4.79 Å². The summed E-state index contributed by atoms with van der Waals surface area (Å²) in [6.45, 7) is -0.0694. The van der Waals surface area contributed by atoms with Crippen LogP contribution in [-0.4, -0.2) is 41.8 Å². The van der Waals surface area contributed by atoms with Crippen molar-refractivity contribution in [3.05, 3.63) is 0 Å². The summed E-state index contributed by atoms with van der Waals surface area (Å²) in [5.41, 5.74) is 0. The first-order valence-corrected chi connectivity index (χ1v) is 3.92. The van der Waals surface area contributed by atoms with Crippen LogP contribution in [0.2, 0.25) is 0 Å².